The summed E-state index contributed by atoms with van der Waals surface area (Å²) in [6.07, 6.45) is 1.63. The molecule has 0 saturated carbocycles. The normalized spacial score (nSPS) is 18.3. The summed E-state index contributed by atoms with van der Waals surface area (Å²) in [7, 11) is 3.42. The molecule has 1 atom stereocenters. The lowest BCUT2D eigenvalue weighted by Gasteiger charge is -2.24. The fraction of sp³-hybridized carbons (Fsp3) is 0.467. The Bertz CT molecular complexity index is 558. The zero-order chi connectivity index (χ0) is 16.3. The Morgan fingerprint density at radius 3 is 2.50 bits per heavy atom. The molecule has 2 amide bonds. The second kappa shape index (κ2) is 7.31. The first-order valence-electron chi connectivity index (χ1n) is 7.08. The standard InChI is InChI=1S/C15H19Cl2N3O2/c1-19(2)14(21)9-20-5-3-4-13(20)15(22)18-12-7-10(16)6-11(17)8-12/h6-8,13H,3-5,9H2,1-2H3,(H,18,22). The number of nitrogens with zero attached hydrogens (tertiary/aromatic N) is 2. The fourth-order valence-electron chi connectivity index (χ4n) is 2.48. The summed E-state index contributed by atoms with van der Waals surface area (Å²) in [5.74, 6) is -0.145. The van der Waals surface area contributed by atoms with E-state index >= 15 is 0 Å². The minimum absolute atomic E-state index is 0.00880. The van der Waals surface area contributed by atoms with E-state index in [-0.39, 0.29) is 24.4 Å². The average Bonchev–Trinajstić information content (AvgIpc) is 2.85. The van der Waals surface area contributed by atoms with E-state index in [9.17, 15) is 9.59 Å². The number of benzene rings is 1. The lowest BCUT2D eigenvalue weighted by atomic mass is 10.2. The Balaban J connectivity index is 2.03. The van der Waals surface area contributed by atoms with Crippen molar-refractivity contribution in [2.24, 2.45) is 0 Å². The van der Waals surface area contributed by atoms with E-state index in [1.54, 1.807) is 32.3 Å². The molecule has 1 aliphatic rings. The number of amides is 2. The highest BCUT2D eigenvalue weighted by atomic mass is 35.5. The van der Waals surface area contributed by atoms with E-state index in [1.165, 1.54) is 4.90 Å². The average molecular weight is 344 g/mol. The topological polar surface area (TPSA) is 52.7 Å². The predicted octanol–water partition coefficient (Wildman–Crippen LogP) is 2.48. The van der Waals surface area contributed by atoms with Gasteiger partial charge in [0.1, 0.15) is 0 Å². The molecule has 7 heteroatoms. The Kier molecular flexibility index (Phi) is 5.67. The summed E-state index contributed by atoms with van der Waals surface area (Å²) in [6, 6.07) is 4.60. The van der Waals surface area contributed by atoms with Crippen molar-refractivity contribution in [3.63, 3.8) is 0 Å². The first-order valence-corrected chi connectivity index (χ1v) is 7.83. The maximum Gasteiger partial charge on any atom is 0.241 e. The van der Waals surface area contributed by atoms with Crippen molar-refractivity contribution < 1.29 is 9.59 Å². The van der Waals surface area contributed by atoms with Crippen molar-refractivity contribution in [3.05, 3.63) is 28.2 Å². The van der Waals surface area contributed by atoms with Gasteiger partial charge in [-0.05, 0) is 37.6 Å². The van der Waals surface area contributed by atoms with Gasteiger partial charge in [0.25, 0.3) is 0 Å². The number of hydrogen-bond acceptors (Lipinski definition) is 3. The van der Waals surface area contributed by atoms with Gasteiger partial charge in [-0.1, -0.05) is 23.2 Å². The highest BCUT2D eigenvalue weighted by Crippen LogP contribution is 2.24. The van der Waals surface area contributed by atoms with Crippen LogP contribution >= 0.6 is 23.2 Å². The molecule has 120 valence electrons. The second-order valence-corrected chi connectivity index (χ2v) is 6.44. The summed E-state index contributed by atoms with van der Waals surface area (Å²) in [4.78, 5) is 27.7. The molecule has 1 aliphatic heterocycles. The summed E-state index contributed by atoms with van der Waals surface area (Å²) in [5.41, 5.74) is 0.563. The van der Waals surface area contributed by atoms with Gasteiger partial charge in [-0.2, -0.15) is 0 Å². The van der Waals surface area contributed by atoms with Crippen molar-refractivity contribution in [1.82, 2.24) is 9.80 Å². The Morgan fingerprint density at radius 1 is 1.27 bits per heavy atom. The molecule has 5 nitrogen and oxygen atoms in total. The maximum atomic E-state index is 12.4. The van der Waals surface area contributed by atoms with Crippen molar-refractivity contribution in [2.45, 2.75) is 18.9 Å². The molecule has 1 saturated heterocycles. The van der Waals surface area contributed by atoms with Crippen LogP contribution in [0.3, 0.4) is 0 Å². The monoisotopic (exact) mass is 343 g/mol. The van der Waals surface area contributed by atoms with Crippen LogP contribution in [-0.2, 0) is 9.59 Å². The van der Waals surface area contributed by atoms with Crippen LogP contribution in [0.25, 0.3) is 0 Å². The summed E-state index contributed by atoms with van der Waals surface area (Å²) >= 11 is 11.9. The number of likely N-dealkylation sites (N-methyl/N-ethyl adjacent to an activating group) is 1. The van der Waals surface area contributed by atoms with Crippen molar-refractivity contribution in [1.29, 1.82) is 0 Å². The number of halogens is 2. The number of carbonyl (C=O) groups excluding carboxylic acids is 2. The van der Waals surface area contributed by atoms with Gasteiger partial charge in [0.2, 0.25) is 11.8 Å². The van der Waals surface area contributed by atoms with Crippen LogP contribution in [0.1, 0.15) is 12.8 Å². The molecule has 1 heterocycles. The molecule has 0 radical (unpaired) electrons. The number of rotatable bonds is 4. The van der Waals surface area contributed by atoms with Crippen molar-refractivity contribution in [2.75, 3.05) is 32.5 Å². The minimum atomic E-state index is -0.304. The Morgan fingerprint density at radius 2 is 1.91 bits per heavy atom. The van der Waals surface area contributed by atoms with Gasteiger partial charge in [0, 0.05) is 29.8 Å². The quantitative estimate of drug-likeness (QED) is 0.913. The number of hydrogen-bond donors (Lipinski definition) is 1. The van der Waals surface area contributed by atoms with Gasteiger partial charge in [-0.25, -0.2) is 0 Å². The van der Waals surface area contributed by atoms with E-state index in [1.807, 2.05) is 4.90 Å². The van der Waals surface area contributed by atoms with Gasteiger partial charge < -0.3 is 10.2 Å². The van der Waals surface area contributed by atoms with E-state index in [2.05, 4.69) is 5.32 Å². The summed E-state index contributed by atoms with van der Waals surface area (Å²) < 4.78 is 0. The van der Waals surface area contributed by atoms with Crippen LogP contribution in [0.15, 0.2) is 18.2 Å². The van der Waals surface area contributed by atoms with Crippen molar-refractivity contribution in [3.8, 4) is 0 Å². The highest BCUT2D eigenvalue weighted by molar-refractivity contribution is 6.35. The number of nitrogens with one attached hydrogen (secondary N) is 1. The van der Waals surface area contributed by atoms with Crippen LogP contribution < -0.4 is 5.32 Å². The number of likely N-dealkylation sites (tertiary alicyclic amines) is 1. The van der Waals surface area contributed by atoms with Gasteiger partial charge in [0.15, 0.2) is 0 Å². The molecule has 1 aromatic rings. The van der Waals surface area contributed by atoms with E-state index in [0.29, 0.717) is 15.7 Å². The molecule has 0 aromatic heterocycles. The third-order valence-corrected chi connectivity index (χ3v) is 4.07. The van der Waals surface area contributed by atoms with Crippen LogP contribution in [0.5, 0.6) is 0 Å². The van der Waals surface area contributed by atoms with E-state index in [4.69, 9.17) is 23.2 Å². The van der Waals surface area contributed by atoms with Crippen LogP contribution in [-0.4, -0.2) is 54.8 Å². The highest BCUT2D eigenvalue weighted by Gasteiger charge is 2.32. The summed E-state index contributed by atoms with van der Waals surface area (Å²) in [5, 5.41) is 3.76. The molecule has 0 aliphatic carbocycles. The van der Waals surface area contributed by atoms with Crippen LogP contribution in [0, 0.1) is 0 Å². The van der Waals surface area contributed by atoms with Gasteiger partial charge in [-0.3, -0.25) is 14.5 Å². The molecular weight excluding hydrogens is 325 g/mol. The molecule has 22 heavy (non-hydrogen) atoms. The molecule has 1 N–H and O–H groups in total. The van der Waals surface area contributed by atoms with Crippen LogP contribution in [0.2, 0.25) is 10.0 Å². The lowest BCUT2D eigenvalue weighted by molar-refractivity contribution is -0.131. The maximum absolute atomic E-state index is 12.4. The molecule has 0 bridgehead atoms. The van der Waals surface area contributed by atoms with E-state index < -0.39 is 0 Å². The molecule has 1 fully saturated rings. The molecule has 1 unspecified atom stereocenters. The largest absolute Gasteiger partial charge is 0.348 e. The number of anilines is 1. The Hall–Kier alpha value is -1.30. The molecule has 2 rings (SSSR count). The Labute approximate surface area is 140 Å². The van der Waals surface area contributed by atoms with Crippen LogP contribution in [0.4, 0.5) is 5.69 Å². The second-order valence-electron chi connectivity index (χ2n) is 5.56. The molecule has 1 aromatic carbocycles. The fourth-order valence-corrected chi connectivity index (χ4v) is 3.01. The smallest absolute Gasteiger partial charge is 0.241 e. The summed E-state index contributed by atoms with van der Waals surface area (Å²) in [6.45, 7) is 0.995. The zero-order valence-corrected chi connectivity index (χ0v) is 14.1. The third-order valence-electron chi connectivity index (χ3n) is 3.63. The van der Waals surface area contributed by atoms with Gasteiger partial charge in [0.05, 0.1) is 12.6 Å². The number of carbonyl (C=O) groups is 2. The minimum Gasteiger partial charge on any atom is -0.348 e. The van der Waals surface area contributed by atoms with Gasteiger partial charge in [-0.15, -0.1) is 0 Å². The van der Waals surface area contributed by atoms with E-state index in [0.717, 1.165) is 19.4 Å². The molecule has 0 spiro atoms. The zero-order valence-electron chi connectivity index (χ0n) is 12.6. The first-order chi connectivity index (χ1) is 10.4. The van der Waals surface area contributed by atoms with Crippen molar-refractivity contribution >= 4 is 40.7 Å². The van der Waals surface area contributed by atoms with Gasteiger partial charge >= 0.3 is 0 Å². The predicted molar refractivity (Wildman–Crippen MR) is 88.4 cm³/mol. The lowest BCUT2D eigenvalue weighted by Crippen LogP contribution is -2.44. The first kappa shape index (κ1) is 17.1. The molecular formula is C15H19Cl2N3O2. The SMILES string of the molecule is CN(C)C(=O)CN1CCCC1C(=O)Nc1cc(Cl)cc(Cl)c1. The third kappa shape index (κ3) is 4.35.